The summed E-state index contributed by atoms with van der Waals surface area (Å²) in [5.41, 5.74) is 0. The van der Waals surface area contributed by atoms with Crippen LogP contribution in [0.5, 0.6) is 0 Å². The third-order valence-electron chi connectivity index (χ3n) is 1.56. The highest BCUT2D eigenvalue weighted by Gasteiger charge is 2.16. The van der Waals surface area contributed by atoms with Crippen molar-refractivity contribution in [3.05, 3.63) is 0 Å². The van der Waals surface area contributed by atoms with Crippen LogP contribution >= 0.6 is 12.0 Å². The predicted molar refractivity (Wildman–Crippen MR) is 48.4 cm³/mol. The molecule has 0 rings (SSSR count). The average molecular weight is 190 g/mol. The van der Waals surface area contributed by atoms with Crippen LogP contribution in [-0.4, -0.2) is 11.1 Å². The first-order valence-electron chi connectivity index (χ1n) is 4.00. The standard InChI is InChI=1S/C8H14O3S/c1-4-7(5-2)8(10)11-12-6(3)9/h7H,4-5H2,1-3H3. The van der Waals surface area contributed by atoms with Crippen molar-refractivity contribution in [1.82, 2.24) is 0 Å². The molecule has 0 saturated heterocycles. The molecule has 0 heterocycles. The van der Waals surface area contributed by atoms with Gasteiger partial charge < -0.3 is 4.18 Å². The molecule has 0 aliphatic rings. The summed E-state index contributed by atoms with van der Waals surface area (Å²) in [6.45, 7) is 5.21. The van der Waals surface area contributed by atoms with E-state index in [2.05, 4.69) is 4.18 Å². The van der Waals surface area contributed by atoms with Crippen molar-refractivity contribution in [3.63, 3.8) is 0 Å². The molecule has 0 aliphatic heterocycles. The van der Waals surface area contributed by atoms with Crippen LogP contribution in [0.15, 0.2) is 0 Å². The van der Waals surface area contributed by atoms with Gasteiger partial charge in [0.05, 0.1) is 5.92 Å². The van der Waals surface area contributed by atoms with Crippen LogP contribution in [0.3, 0.4) is 0 Å². The summed E-state index contributed by atoms with van der Waals surface area (Å²) in [6, 6.07) is 0. The highest BCUT2D eigenvalue weighted by molar-refractivity contribution is 8.09. The lowest BCUT2D eigenvalue weighted by Gasteiger charge is -2.08. The van der Waals surface area contributed by atoms with E-state index in [-0.39, 0.29) is 17.0 Å². The molecule has 12 heavy (non-hydrogen) atoms. The first-order chi connectivity index (χ1) is 5.61. The van der Waals surface area contributed by atoms with Crippen molar-refractivity contribution in [2.45, 2.75) is 33.6 Å². The Morgan fingerprint density at radius 1 is 1.33 bits per heavy atom. The summed E-state index contributed by atoms with van der Waals surface area (Å²) < 4.78 is 4.68. The van der Waals surface area contributed by atoms with Crippen LogP contribution in [0, 0.1) is 5.92 Å². The Bertz CT molecular complexity index is 164. The van der Waals surface area contributed by atoms with E-state index in [9.17, 15) is 9.59 Å². The minimum absolute atomic E-state index is 0.0724. The lowest BCUT2D eigenvalue weighted by Crippen LogP contribution is -2.13. The predicted octanol–water partition coefficient (Wildman–Crippen LogP) is 2.16. The van der Waals surface area contributed by atoms with E-state index in [1.165, 1.54) is 6.92 Å². The lowest BCUT2D eigenvalue weighted by atomic mass is 10.0. The van der Waals surface area contributed by atoms with Gasteiger partial charge in [0.15, 0.2) is 0 Å². The fourth-order valence-corrected chi connectivity index (χ4v) is 1.13. The van der Waals surface area contributed by atoms with Gasteiger partial charge in [0.1, 0.15) is 12.0 Å². The average Bonchev–Trinajstić information content (AvgIpc) is 2.03. The van der Waals surface area contributed by atoms with Gasteiger partial charge in [-0.25, -0.2) is 0 Å². The maximum Gasteiger partial charge on any atom is 0.321 e. The molecule has 3 nitrogen and oxygen atoms in total. The molecule has 0 bridgehead atoms. The molecule has 70 valence electrons. The molecule has 0 aromatic carbocycles. The molecule has 0 saturated carbocycles. The van der Waals surface area contributed by atoms with Crippen LogP contribution < -0.4 is 0 Å². The van der Waals surface area contributed by atoms with Gasteiger partial charge in [-0.1, -0.05) is 13.8 Å². The van der Waals surface area contributed by atoms with Crippen LogP contribution in [0.4, 0.5) is 0 Å². The summed E-state index contributed by atoms with van der Waals surface area (Å²) in [5, 5.41) is -0.200. The number of hydrogen-bond acceptors (Lipinski definition) is 4. The van der Waals surface area contributed by atoms with Crippen molar-refractivity contribution in [2.24, 2.45) is 5.92 Å². The van der Waals surface area contributed by atoms with Crippen LogP contribution in [0.2, 0.25) is 0 Å². The Labute approximate surface area is 77.1 Å². The molecule has 0 N–H and O–H groups in total. The molecule has 0 amide bonds. The Morgan fingerprint density at radius 3 is 2.17 bits per heavy atom. The largest absolute Gasteiger partial charge is 0.383 e. The molecule has 0 fully saturated rings. The summed E-state index contributed by atoms with van der Waals surface area (Å²) in [5.74, 6) is -0.364. The van der Waals surface area contributed by atoms with Crippen molar-refractivity contribution < 1.29 is 13.8 Å². The van der Waals surface area contributed by atoms with E-state index < -0.39 is 0 Å². The Hall–Kier alpha value is -0.510. The molecular formula is C8H14O3S. The van der Waals surface area contributed by atoms with Gasteiger partial charge in [-0.05, 0) is 12.8 Å². The Kier molecular flexibility index (Phi) is 5.80. The summed E-state index contributed by atoms with van der Waals surface area (Å²) in [7, 11) is 0. The zero-order chi connectivity index (χ0) is 9.56. The second-order valence-electron chi connectivity index (χ2n) is 2.49. The fraction of sp³-hybridized carbons (Fsp3) is 0.750. The molecule has 0 atom stereocenters. The Balaban J connectivity index is 3.77. The van der Waals surface area contributed by atoms with E-state index >= 15 is 0 Å². The molecule has 0 aromatic heterocycles. The van der Waals surface area contributed by atoms with Gasteiger partial charge in [0, 0.05) is 6.92 Å². The molecule has 4 heteroatoms. The van der Waals surface area contributed by atoms with Gasteiger partial charge in [-0.2, -0.15) is 0 Å². The molecule has 0 spiro atoms. The van der Waals surface area contributed by atoms with Crippen molar-refractivity contribution >= 4 is 23.1 Å². The fourth-order valence-electron chi connectivity index (χ4n) is 0.790. The van der Waals surface area contributed by atoms with E-state index in [0.29, 0.717) is 12.0 Å². The van der Waals surface area contributed by atoms with Gasteiger partial charge in [-0.15, -0.1) is 0 Å². The van der Waals surface area contributed by atoms with E-state index in [4.69, 9.17) is 0 Å². The number of carbonyl (C=O) groups excluding carboxylic acids is 2. The molecule has 0 aliphatic carbocycles. The minimum atomic E-state index is -0.291. The van der Waals surface area contributed by atoms with E-state index in [0.717, 1.165) is 12.8 Å². The van der Waals surface area contributed by atoms with Crippen molar-refractivity contribution in [3.8, 4) is 0 Å². The zero-order valence-corrected chi connectivity index (χ0v) is 8.44. The first kappa shape index (κ1) is 11.5. The lowest BCUT2D eigenvalue weighted by molar-refractivity contribution is -0.138. The van der Waals surface area contributed by atoms with Crippen LogP contribution in [-0.2, 0) is 13.8 Å². The van der Waals surface area contributed by atoms with E-state index in [1.807, 2.05) is 13.8 Å². The maximum atomic E-state index is 11.1. The molecular weight excluding hydrogens is 176 g/mol. The molecule has 0 radical (unpaired) electrons. The maximum absolute atomic E-state index is 11.1. The Morgan fingerprint density at radius 2 is 1.83 bits per heavy atom. The van der Waals surface area contributed by atoms with E-state index in [1.54, 1.807) is 0 Å². The van der Waals surface area contributed by atoms with Gasteiger partial charge in [0.25, 0.3) is 0 Å². The van der Waals surface area contributed by atoms with Gasteiger partial charge in [-0.3, -0.25) is 9.59 Å². The second-order valence-corrected chi connectivity index (χ2v) is 3.40. The SMILES string of the molecule is CCC(CC)C(=O)OSC(C)=O. The zero-order valence-electron chi connectivity index (χ0n) is 7.62. The third-order valence-corrected chi connectivity index (χ3v) is 2.04. The van der Waals surface area contributed by atoms with Gasteiger partial charge >= 0.3 is 5.97 Å². The number of rotatable bonds is 3. The molecule has 0 unspecified atom stereocenters. The van der Waals surface area contributed by atoms with Crippen molar-refractivity contribution in [2.75, 3.05) is 0 Å². The van der Waals surface area contributed by atoms with Crippen molar-refractivity contribution in [1.29, 1.82) is 0 Å². The topological polar surface area (TPSA) is 43.4 Å². The molecule has 0 aromatic rings. The normalized spacial score (nSPS) is 10.0. The highest BCUT2D eigenvalue weighted by Crippen LogP contribution is 2.14. The summed E-state index contributed by atoms with van der Waals surface area (Å²) >= 11 is 0.610. The summed E-state index contributed by atoms with van der Waals surface area (Å²) in [6.07, 6.45) is 1.52. The third kappa shape index (κ3) is 4.38. The summed E-state index contributed by atoms with van der Waals surface area (Å²) in [4.78, 5) is 21.5. The first-order valence-corrected chi connectivity index (χ1v) is 4.74. The highest BCUT2D eigenvalue weighted by atomic mass is 32.2. The van der Waals surface area contributed by atoms with Crippen LogP contribution in [0.1, 0.15) is 33.6 Å². The van der Waals surface area contributed by atoms with Gasteiger partial charge in [0.2, 0.25) is 5.12 Å². The smallest absolute Gasteiger partial charge is 0.321 e. The quantitative estimate of drug-likeness (QED) is 0.640. The monoisotopic (exact) mass is 190 g/mol. The number of carbonyl (C=O) groups is 2. The second kappa shape index (κ2) is 6.06. The number of hydrogen-bond donors (Lipinski definition) is 0. The van der Waals surface area contributed by atoms with Crippen LogP contribution in [0.25, 0.3) is 0 Å². The minimum Gasteiger partial charge on any atom is -0.383 e.